The lowest BCUT2D eigenvalue weighted by Crippen LogP contribution is -2.56. The molecule has 3 rings (SSSR count). The first-order chi connectivity index (χ1) is 13.3. The minimum Gasteiger partial charge on any atom is -0.429 e. The van der Waals surface area contributed by atoms with E-state index >= 15 is 0 Å². The molecule has 0 bridgehead atoms. The highest BCUT2D eigenvalue weighted by Crippen LogP contribution is 2.25. The van der Waals surface area contributed by atoms with Gasteiger partial charge in [-0.3, -0.25) is 4.18 Å². The van der Waals surface area contributed by atoms with Gasteiger partial charge in [-0.2, -0.15) is 8.42 Å². The lowest BCUT2D eigenvalue weighted by Gasteiger charge is -2.36. The maximum Gasteiger partial charge on any atom is 0.340 e. The molecule has 2 aromatic rings. The van der Waals surface area contributed by atoms with E-state index in [9.17, 15) is 23.4 Å². The topological polar surface area (TPSA) is 119 Å². The largest absolute Gasteiger partial charge is 0.429 e. The van der Waals surface area contributed by atoms with E-state index in [4.69, 9.17) is 13.7 Å². The number of ether oxygens (including phenoxy) is 2. The summed E-state index contributed by atoms with van der Waals surface area (Å²) in [5.74, 6) is -0.782. The number of benzene rings is 2. The van der Waals surface area contributed by atoms with Crippen molar-refractivity contribution in [3.63, 3.8) is 0 Å². The molecule has 1 heterocycles. The monoisotopic (exact) mass is 408 g/mol. The van der Waals surface area contributed by atoms with Crippen LogP contribution in [0.5, 0.6) is 0 Å². The van der Waals surface area contributed by atoms with E-state index in [1.165, 1.54) is 24.3 Å². The van der Waals surface area contributed by atoms with Gasteiger partial charge in [0.05, 0.1) is 17.1 Å². The first-order valence-corrected chi connectivity index (χ1v) is 9.92. The lowest BCUT2D eigenvalue weighted by atomic mass is 10.1. The molecule has 0 radical (unpaired) electrons. The standard InChI is InChI=1S/C19H20O8S/c1-12-7-9-14(10-8-12)28(23,24)27-17-16(21)15(20)11-25-19(17)26-18(22)13-5-3-2-4-6-13/h2-10,15-17,19-21H,11H2,1H3/t15-,16-,17+,19-/m1/s1. The number of hydrogen-bond acceptors (Lipinski definition) is 8. The first-order valence-electron chi connectivity index (χ1n) is 8.51. The van der Waals surface area contributed by atoms with Gasteiger partial charge in [0.2, 0.25) is 6.29 Å². The van der Waals surface area contributed by atoms with Crippen molar-refractivity contribution in [1.29, 1.82) is 0 Å². The third-order valence-corrected chi connectivity index (χ3v) is 5.54. The van der Waals surface area contributed by atoms with Gasteiger partial charge in [0.1, 0.15) is 12.2 Å². The van der Waals surface area contributed by atoms with E-state index in [-0.39, 0.29) is 17.1 Å². The summed E-state index contributed by atoms with van der Waals surface area (Å²) in [6, 6.07) is 13.9. The minimum atomic E-state index is -4.31. The van der Waals surface area contributed by atoms with Gasteiger partial charge in [-0.15, -0.1) is 0 Å². The van der Waals surface area contributed by atoms with Crippen molar-refractivity contribution in [2.24, 2.45) is 0 Å². The van der Waals surface area contributed by atoms with Gasteiger partial charge < -0.3 is 19.7 Å². The van der Waals surface area contributed by atoms with Gasteiger partial charge in [0.15, 0.2) is 6.10 Å². The van der Waals surface area contributed by atoms with Crippen LogP contribution in [0.1, 0.15) is 15.9 Å². The Morgan fingerprint density at radius 2 is 1.71 bits per heavy atom. The van der Waals surface area contributed by atoms with Gasteiger partial charge in [-0.1, -0.05) is 35.9 Å². The summed E-state index contributed by atoms with van der Waals surface area (Å²) in [6.45, 7) is 1.45. The fourth-order valence-electron chi connectivity index (χ4n) is 2.62. The second-order valence-electron chi connectivity index (χ2n) is 6.36. The maximum atomic E-state index is 12.6. The summed E-state index contributed by atoms with van der Waals surface area (Å²) in [5, 5.41) is 20.1. The molecule has 1 aliphatic rings. The Kier molecular flexibility index (Phi) is 6.11. The van der Waals surface area contributed by atoms with Gasteiger partial charge in [0.25, 0.3) is 10.1 Å². The Balaban J connectivity index is 1.81. The van der Waals surface area contributed by atoms with Crippen molar-refractivity contribution in [3.05, 3.63) is 65.7 Å². The number of aliphatic hydroxyl groups excluding tert-OH is 2. The van der Waals surface area contributed by atoms with Crippen LogP contribution in [0.3, 0.4) is 0 Å². The molecule has 1 fully saturated rings. The summed E-state index contributed by atoms with van der Waals surface area (Å²) in [5.41, 5.74) is 1.07. The number of esters is 1. The average molecular weight is 408 g/mol. The van der Waals surface area contributed by atoms with E-state index in [2.05, 4.69) is 0 Å². The molecule has 0 aliphatic carbocycles. The predicted molar refractivity (Wildman–Crippen MR) is 96.8 cm³/mol. The molecule has 0 spiro atoms. The molecule has 2 N–H and O–H groups in total. The van der Waals surface area contributed by atoms with Crippen LogP contribution in [-0.4, -0.2) is 55.8 Å². The molecule has 4 atom stereocenters. The van der Waals surface area contributed by atoms with Crippen LogP contribution in [0.4, 0.5) is 0 Å². The Labute approximate surface area is 162 Å². The highest BCUT2D eigenvalue weighted by Gasteiger charge is 2.45. The molecular formula is C19H20O8S. The van der Waals surface area contributed by atoms with Crippen LogP contribution < -0.4 is 0 Å². The number of aliphatic hydroxyl groups is 2. The molecule has 150 valence electrons. The fraction of sp³-hybridized carbons (Fsp3) is 0.316. The summed E-state index contributed by atoms with van der Waals surface area (Å²) < 4.78 is 40.6. The minimum absolute atomic E-state index is 0.140. The number of carbonyl (C=O) groups excluding carboxylic acids is 1. The average Bonchev–Trinajstić information content (AvgIpc) is 2.68. The molecule has 28 heavy (non-hydrogen) atoms. The van der Waals surface area contributed by atoms with Gasteiger partial charge in [-0.05, 0) is 31.2 Å². The maximum absolute atomic E-state index is 12.6. The van der Waals surface area contributed by atoms with E-state index in [0.29, 0.717) is 0 Å². The SMILES string of the molecule is Cc1ccc(S(=O)(=O)O[C@@H]2[C@@H](OC(=O)c3ccccc3)OC[C@@H](O)[C@H]2O)cc1. The summed E-state index contributed by atoms with van der Waals surface area (Å²) in [4.78, 5) is 12.1. The zero-order valence-corrected chi connectivity index (χ0v) is 15.8. The normalized spacial score (nSPS) is 25.2. The molecule has 9 heteroatoms. The molecule has 8 nitrogen and oxygen atoms in total. The van der Waals surface area contributed by atoms with Crippen molar-refractivity contribution in [1.82, 2.24) is 0 Å². The number of rotatable bonds is 5. The molecule has 0 unspecified atom stereocenters. The summed E-state index contributed by atoms with van der Waals surface area (Å²) >= 11 is 0. The first kappa shape index (κ1) is 20.4. The second-order valence-corrected chi connectivity index (χ2v) is 7.93. The van der Waals surface area contributed by atoms with E-state index < -0.39 is 40.7 Å². The van der Waals surface area contributed by atoms with Crippen molar-refractivity contribution in [3.8, 4) is 0 Å². The summed E-state index contributed by atoms with van der Waals surface area (Å²) in [7, 11) is -4.31. The molecule has 2 aromatic carbocycles. The Bertz CT molecular complexity index is 911. The van der Waals surface area contributed by atoms with Crippen LogP contribution in [-0.2, 0) is 23.8 Å². The van der Waals surface area contributed by atoms with E-state index in [1.807, 2.05) is 0 Å². The number of carbonyl (C=O) groups is 1. The third-order valence-electron chi connectivity index (χ3n) is 4.21. The molecule has 1 saturated heterocycles. The highest BCUT2D eigenvalue weighted by atomic mass is 32.2. The zero-order chi connectivity index (χ0) is 20.3. The lowest BCUT2D eigenvalue weighted by molar-refractivity contribution is -0.243. The van der Waals surface area contributed by atoms with Crippen LogP contribution >= 0.6 is 0 Å². The van der Waals surface area contributed by atoms with Gasteiger partial charge in [0, 0.05) is 0 Å². The Morgan fingerprint density at radius 1 is 1.07 bits per heavy atom. The van der Waals surface area contributed by atoms with Crippen molar-refractivity contribution in [2.75, 3.05) is 6.61 Å². The van der Waals surface area contributed by atoms with Crippen molar-refractivity contribution in [2.45, 2.75) is 36.4 Å². The van der Waals surface area contributed by atoms with Crippen LogP contribution in [0.25, 0.3) is 0 Å². The molecule has 1 aliphatic heterocycles. The number of aryl methyl sites for hydroxylation is 1. The Hall–Kier alpha value is -2.30. The van der Waals surface area contributed by atoms with Crippen LogP contribution in [0.2, 0.25) is 0 Å². The highest BCUT2D eigenvalue weighted by molar-refractivity contribution is 7.86. The van der Waals surface area contributed by atoms with Crippen LogP contribution in [0, 0.1) is 6.92 Å². The molecule has 0 aromatic heterocycles. The van der Waals surface area contributed by atoms with Crippen molar-refractivity contribution >= 4 is 16.1 Å². The zero-order valence-electron chi connectivity index (χ0n) is 15.0. The number of hydrogen-bond donors (Lipinski definition) is 2. The van der Waals surface area contributed by atoms with Gasteiger partial charge >= 0.3 is 5.97 Å². The predicted octanol–water partition coefficient (Wildman–Crippen LogP) is 1.00. The molecule has 0 amide bonds. The fourth-order valence-corrected chi connectivity index (χ4v) is 3.70. The van der Waals surface area contributed by atoms with Crippen molar-refractivity contribution < 1.29 is 37.1 Å². The third kappa shape index (κ3) is 4.57. The smallest absolute Gasteiger partial charge is 0.340 e. The molecule has 0 saturated carbocycles. The van der Waals surface area contributed by atoms with E-state index in [1.54, 1.807) is 37.3 Å². The van der Waals surface area contributed by atoms with E-state index in [0.717, 1.165) is 5.56 Å². The quantitative estimate of drug-likeness (QED) is 0.556. The second kappa shape index (κ2) is 8.38. The van der Waals surface area contributed by atoms with Crippen LogP contribution in [0.15, 0.2) is 59.5 Å². The van der Waals surface area contributed by atoms with Gasteiger partial charge in [-0.25, -0.2) is 4.79 Å². The molecular weight excluding hydrogens is 388 g/mol. The Morgan fingerprint density at radius 3 is 2.36 bits per heavy atom. The summed E-state index contributed by atoms with van der Waals surface area (Å²) in [6.07, 6.45) is -6.19.